The van der Waals surface area contributed by atoms with Crippen LogP contribution in [0, 0.1) is 12.8 Å². The third kappa shape index (κ3) is 6.84. The summed E-state index contributed by atoms with van der Waals surface area (Å²) in [6.45, 7) is 13.0. The van der Waals surface area contributed by atoms with Gasteiger partial charge in [-0.05, 0) is 70.6 Å². The maximum Gasteiger partial charge on any atom is 0.408 e. The van der Waals surface area contributed by atoms with Gasteiger partial charge in [0.15, 0.2) is 0 Å². The first-order valence-corrected chi connectivity index (χ1v) is 10.7. The van der Waals surface area contributed by atoms with E-state index in [9.17, 15) is 14.4 Å². The van der Waals surface area contributed by atoms with Crippen molar-refractivity contribution in [3.05, 3.63) is 39.7 Å². The van der Waals surface area contributed by atoms with Gasteiger partial charge in [0.25, 0.3) is 0 Å². The molecule has 0 aliphatic carbocycles. The number of esters is 1. The number of hydrogen-bond donors (Lipinski definition) is 1. The Bertz CT molecular complexity index is 1000. The standard InChI is InChI=1S/C24H33NO6/c1-8-16-13-20(26)30-21-15(4)19(12-10-17(16)21)29-22(27)18(11-9-14(2)3)25-23(28)31-24(5,6)7/h10,12-14,18H,8-9,11H2,1-7H3,(H,25,28). The van der Waals surface area contributed by atoms with Crippen molar-refractivity contribution in [1.82, 2.24) is 5.32 Å². The third-order valence-electron chi connectivity index (χ3n) is 4.80. The molecule has 31 heavy (non-hydrogen) atoms. The van der Waals surface area contributed by atoms with E-state index in [0.29, 0.717) is 29.9 Å². The predicted octanol–water partition coefficient (Wildman–Crippen LogP) is 4.90. The van der Waals surface area contributed by atoms with E-state index in [1.54, 1.807) is 39.8 Å². The second-order valence-electron chi connectivity index (χ2n) is 9.10. The SMILES string of the molecule is CCc1cc(=O)oc2c(C)c(OC(=O)C(CCC(C)C)NC(=O)OC(C)(C)C)ccc12. The van der Waals surface area contributed by atoms with Crippen molar-refractivity contribution >= 4 is 23.0 Å². The highest BCUT2D eigenvalue weighted by atomic mass is 16.6. The van der Waals surface area contributed by atoms with Crippen LogP contribution in [0.1, 0.15) is 65.5 Å². The lowest BCUT2D eigenvalue weighted by molar-refractivity contribution is -0.137. The fourth-order valence-electron chi connectivity index (χ4n) is 3.19. The number of rotatable bonds is 7. The summed E-state index contributed by atoms with van der Waals surface area (Å²) in [6, 6.07) is 4.07. The molecule has 0 radical (unpaired) electrons. The fraction of sp³-hybridized carbons (Fsp3) is 0.542. The van der Waals surface area contributed by atoms with Gasteiger partial charge in [0, 0.05) is 17.0 Å². The van der Waals surface area contributed by atoms with E-state index in [0.717, 1.165) is 17.4 Å². The first-order valence-electron chi connectivity index (χ1n) is 10.7. The molecule has 1 unspecified atom stereocenters. The Morgan fingerprint density at radius 3 is 2.42 bits per heavy atom. The van der Waals surface area contributed by atoms with E-state index in [1.165, 1.54) is 6.07 Å². The molecule has 7 heteroatoms. The van der Waals surface area contributed by atoms with Crippen LogP contribution in [0.15, 0.2) is 27.4 Å². The largest absolute Gasteiger partial charge is 0.444 e. The maximum absolute atomic E-state index is 12.9. The quantitative estimate of drug-likeness (QED) is 0.381. The van der Waals surface area contributed by atoms with Crippen molar-refractivity contribution in [2.75, 3.05) is 0 Å². The van der Waals surface area contributed by atoms with Crippen LogP contribution in [0.4, 0.5) is 4.79 Å². The molecule has 1 amide bonds. The second kappa shape index (κ2) is 9.98. The molecule has 2 rings (SSSR count). The summed E-state index contributed by atoms with van der Waals surface area (Å²) in [5, 5.41) is 3.43. The molecule has 1 atom stereocenters. The van der Waals surface area contributed by atoms with Gasteiger partial charge in [-0.15, -0.1) is 0 Å². The molecule has 1 N–H and O–H groups in total. The summed E-state index contributed by atoms with van der Waals surface area (Å²) in [5.74, 6) is 0.0391. The molecule has 0 fully saturated rings. The number of aryl methyl sites for hydroxylation is 2. The number of alkyl carbamates (subject to hydrolysis) is 1. The Morgan fingerprint density at radius 1 is 1.16 bits per heavy atom. The van der Waals surface area contributed by atoms with Gasteiger partial charge in [0.05, 0.1) is 0 Å². The van der Waals surface area contributed by atoms with E-state index < -0.39 is 29.3 Å². The molecule has 0 saturated carbocycles. The van der Waals surface area contributed by atoms with E-state index in [4.69, 9.17) is 13.9 Å². The molecule has 0 bridgehead atoms. The summed E-state index contributed by atoms with van der Waals surface area (Å²) in [5.41, 5.74) is 0.692. The zero-order valence-electron chi connectivity index (χ0n) is 19.5. The van der Waals surface area contributed by atoms with Gasteiger partial charge in [-0.25, -0.2) is 14.4 Å². The van der Waals surface area contributed by atoms with Gasteiger partial charge < -0.3 is 19.2 Å². The lowest BCUT2D eigenvalue weighted by Crippen LogP contribution is -2.45. The van der Waals surface area contributed by atoms with Crippen molar-refractivity contribution in [3.8, 4) is 5.75 Å². The van der Waals surface area contributed by atoms with Crippen molar-refractivity contribution in [2.45, 2.75) is 79.4 Å². The minimum atomic E-state index is -0.860. The van der Waals surface area contributed by atoms with Crippen LogP contribution in [-0.2, 0) is 16.0 Å². The number of nitrogens with one attached hydrogen (secondary N) is 1. The summed E-state index contributed by atoms with van der Waals surface area (Å²) in [4.78, 5) is 37.1. The van der Waals surface area contributed by atoms with Crippen LogP contribution in [0.5, 0.6) is 5.75 Å². The first kappa shape index (κ1) is 24.4. The van der Waals surface area contributed by atoms with Crippen LogP contribution in [-0.4, -0.2) is 23.7 Å². The number of hydrogen-bond acceptors (Lipinski definition) is 6. The summed E-state index contributed by atoms with van der Waals surface area (Å²) < 4.78 is 16.3. The Labute approximate surface area is 183 Å². The first-order chi connectivity index (χ1) is 14.4. The van der Waals surface area contributed by atoms with Crippen LogP contribution < -0.4 is 15.7 Å². The van der Waals surface area contributed by atoms with E-state index in [1.807, 2.05) is 20.8 Å². The van der Waals surface area contributed by atoms with Gasteiger partial charge >= 0.3 is 17.7 Å². The monoisotopic (exact) mass is 431 g/mol. The Kier molecular flexibility index (Phi) is 7.87. The Morgan fingerprint density at radius 2 is 1.84 bits per heavy atom. The number of benzene rings is 1. The summed E-state index contributed by atoms with van der Waals surface area (Å²) >= 11 is 0. The minimum Gasteiger partial charge on any atom is -0.444 e. The highest BCUT2D eigenvalue weighted by molar-refractivity contribution is 5.87. The number of carbonyl (C=O) groups is 2. The smallest absolute Gasteiger partial charge is 0.408 e. The number of ether oxygens (including phenoxy) is 2. The highest BCUT2D eigenvalue weighted by Crippen LogP contribution is 2.29. The van der Waals surface area contributed by atoms with Gasteiger partial charge in [0.1, 0.15) is 23.0 Å². The average molecular weight is 432 g/mol. The molecule has 7 nitrogen and oxygen atoms in total. The van der Waals surface area contributed by atoms with Gasteiger partial charge in [-0.1, -0.05) is 20.8 Å². The van der Waals surface area contributed by atoms with Crippen LogP contribution in [0.2, 0.25) is 0 Å². The lowest BCUT2D eigenvalue weighted by atomic mass is 10.0. The van der Waals surface area contributed by atoms with Crippen LogP contribution in [0.25, 0.3) is 11.0 Å². The van der Waals surface area contributed by atoms with E-state index in [2.05, 4.69) is 5.32 Å². The molecule has 0 aliphatic heterocycles. The third-order valence-corrected chi connectivity index (χ3v) is 4.80. The molecule has 1 heterocycles. The lowest BCUT2D eigenvalue weighted by Gasteiger charge is -2.23. The normalized spacial score (nSPS) is 12.6. The van der Waals surface area contributed by atoms with E-state index >= 15 is 0 Å². The Balaban J connectivity index is 2.29. The molecule has 0 saturated heterocycles. The molecule has 1 aromatic carbocycles. The zero-order chi connectivity index (χ0) is 23.3. The van der Waals surface area contributed by atoms with E-state index in [-0.39, 0.29) is 5.75 Å². The summed E-state index contributed by atoms with van der Waals surface area (Å²) in [6.07, 6.45) is 1.14. The van der Waals surface area contributed by atoms with Crippen molar-refractivity contribution < 1.29 is 23.5 Å². The highest BCUT2D eigenvalue weighted by Gasteiger charge is 2.27. The van der Waals surface area contributed by atoms with Crippen molar-refractivity contribution in [2.24, 2.45) is 5.92 Å². The second-order valence-corrected chi connectivity index (χ2v) is 9.10. The molecule has 170 valence electrons. The molecular formula is C24H33NO6. The Hall–Kier alpha value is -2.83. The molecular weight excluding hydrogens is 398 g/mol. The molecule has 0 spiro atoms. The van der Waals surface area contributed by atoms with Crippen molar-refractivity contribution in [1.29, 1.82) is 0 Å². The van der Waals surface area contributed by atoms with Gasteiger partial charge in [-0.3, -0.25) is 0 Å². The molecule has 1 aromatic heterocycles. The van der Waals surface area contributed by atoms with Gasteiger partial charge in [-0.2, -0.15) is 0 Å². The number of amides is 1. The average Bonchev–Trinajstić information content (AvgIpc) is 2.65. The zero-order valence-corrected chi connectivity index (χ0v) is 19.5. The predicted molar refractivity (Wildman–Crippen MR) is 119 cm³/mol. The topological polar surface area (TPSA) is 94.8 Å². The van der Waals surface area contributed by atoms with Crippen LogP contribution >= 0.6 is 0 Å². The summed E-state index contributed by atoms with van der Waals surface area (Å²) in [7, 11) is 0. The maximum atomic E-state index is 12.9. The van der Waals surface area contributed by atoms with Gasteiger partial charge in [0.2, 0.25) is 0 Å². The number of carbonyl (C=O) groups excluding carboxylic acids is 2. The molecule has 0 aliphatic rings. The minimum absolute atomic E-state index is 0.287. The molecule has 2 aromatic rings. The number of fused-ring (bicyclic) bond motifs is 1. The van der Waals surface area contributed by atoms with Crippen LogP contribution in [0.3, 0.4) is 0 Å². The fourth-order valence-corrected chi connectivity index (χ4v) is 3.19. The van der Waals surface area contributed by atoms with Crippen molar-refractivity contribution in [3.63, 3.8) is 0 Å².